The molecule has 0 aliphatic heterocycles. The van der Waals surface area contributed by atoms with Crippen molar-refractivity contribution in [3.05, 3.63) is 22.8 Å². The van der Waals surface area contributed by atoms with Crippen LogP contribution in [0.3, 0.4) is 0 Å². The second-order valence-corrected chi connectivity index (χ2v) is 14.1. The van der Waals surface area contributed by atoms with E-state index in [2.05, 4.69) is 54.5 Å². The van der Waals surface area contributed by atoms with Gasteiger partial charge in [-0.25, -0.2) is 0 Å². The Kier molecular flexibility index (Phi) is 7.10. The summed E-state index contributed by atoms with van der Waals surface area (Å²) in [4.78, 5) is 24.3. The molecule has 0 bridgehead atoms. The predicted octanol–water partition coefficient (Wildman–Crippen LogP) is 8.11. The number of rotatable bonds is 6. The van der Waals surface area contributed by atoms with Gasteiger partial charge in [0.05, 0.1) is 5.92 Å². The molecule has 4 aliphatic carbocycles. The highest BCUT2D eigenvalue weighted by Gasteiger charge is 2.64. The first-order valence-electron chi connectivity index (χ1n) is 14.4. The van der Waals surface area contributed by atoms with Gasteiger partial charge in [-0.1, -0.05) is 57.4 Å². The minimum atomic E-state index is -0.603. The molecule has 1 N–H and O–H groups in total. The first kappa shape index (κ1) is 27.5. The third-order valence-corrected chi connectivity index (χ3v) is 11.9. The fourth-order valence-corrected chi connectivity index (χ4v) is 9.81. The van der Waals surface area contributed by atoms with Crippen molar-refractivity contribution in [3.63, 3.8) is 0 Å². The minimum absolute atomic E-state index is 0.00680. The number of hydrogen-bond acceptors (Lipinski definition) is 3. The smallest absolute Gasteiger partial charge is 0.306 e. The van der Waals surface area contributed by atoms with E-state index in [1.807, 2.05) is 0 Å². The second kappa shape index (κ2) is 9.31. The van der Waals surface area contributed by atoms with Gasteiger partial charge in [0.15, 0.2) is 0 Å². The van der Waals surface area contributed by atoms with Crippen LogP contribution in [-0.2, 0) is 14.3 Å². The fourth-order valence-electron chi connectivity index (χ4n) is 9.81. The lowest BCUT2D eigenvalue weighted by Crippen LogP contribution is -2.56. The van der Waals surface area contributed by atoms with Crippen LogP contribution in [0.25, 0.3) is 0 Å². The average molecular weight is 499 g/mol. The number of hydrogen-bond donors (Lipinski definition) is 1. The van der Waals surface area contributed by atoms with Crippen LogP contribution in [0.5, 0.6) is 0 Å². The molecule has 0 saturated heterocycles. The molecule has 4 nitrogen and oxygen atoms in total. The molecule has 36 heavy (non-hydrogen) atoms. The molecular weight excluding hydrogens is 448 g/mol. The number of esters is 1. The average Bonchev–Trinajstić information content (AvgIpc) is 3.04. The van der Waals surface area contributed by atoms with Gasteiger partial charge in [0.1, 0.15) is 6.10 Å². The van der Waals surface area contributed by atoms with Crippen LogP contribution in [-0.4, -0.2) is 23.1 Å². The number of ether oxygens (including phenoxy) is 1. The molecule has 4 aliphatic rings. The number of carboxylic acid groups (broad SMARTS) is 1. The number of allylic oxidation sites excluding steroid dienone is 4. The highest BCUT2D eigenvalue weighted by Crippen LogP contribution is 2.72. The Hall–Kier alpha value is -1.58. The molecule has 7 atom stereocenters. The molecule has 0 radical (unpaired) electrons. The first-order valence-corrected chi connectivity index (χ1v) is 14.4. The van der Waals surface area contributed by atoms with E-state index in [1.54, 1.807) is 11.1 Å². The van der Waals surface area contributed by atoms with E-state index in [0.29, 0.717) is 5.92 Å². The molecule has 1 unspecified atom stereocenters. The quantitative estimate of drug-likeness (QED) is 0.297. The normalized spacial score (nSPS) is 39.9. The van der Waals surface area contributed by atoms with Crippen LogP contribution in [0.1, 0.15) is 120 Å². The van der Waals surface area contributed by atoms with Crippen molar-refractivity contribution in [1.29, 1.82) is 0 Å². The van der Waals surface area contributed by atoms with E-state index in [1.165, 1.54) is 12.5 Å². The highest BCUT2D eigenvalue weighted by atomic mass is 16.5. The van der Waals surface area contributed by atoms with Gasteiger partial charge in [0.2, 0.25) is 0 Å². The van der Waals surface area contributed by atoms with Gasteiger partial charge in [-0.3, -0.25) is 9.59 Å². The van der Waals surface area contributed by atoms with Gasteiger partial charge in [-0.05, 0) is 106 Å². The minimum Gasteiger partial charge on any atom is -0.481 e. The summed E-state index contributed by atoms with van der Waals surface area (Å²) in [6.45, 7) is 17.8. The Balaban J connectivity index is 1.67. The van der Waals surface area contributed by atoms with Gasteiger partial charge in [0.25, 0.3) is 0 Å². The van der Waals surface area contributed by atoms with Gasteiger partial charge in [-0.15, -0.1) is 0 Å². The van der Waals surface area contributed by atoms with Crippen LogP contribution >= 0.6 is 0 Å². The van der Waals surface area contributed by atoms with E-state index in [-0.39, 0.29) is 45.6 Å². The SMILES string of the molecule is CC(=O)O[C@H]1CC[C@@]2(C)C3=C(CCC2C1(C)C)[C@@]1(C)CC[C@@H]([C@H](CCC=C(C)C)C(=O)O)[C@]1(C)CC3. The van der Waals surface area contributed by atoms with Crippen LogP contribution in [0.15, 0.2) is 22.8 Å². The molecule has 0 spiro atoms. The Morgan fingerprint density at radius 2 is 1.67 bits per heavy atom. The number of carbonyl (C=O) groups is 2. The third-order valence-electron chi connectivity index (χ3n) is 11.9. The zero-order valence-electron chi connectivity index (χ0n) is 24.1. The molecule has 2 fully saturated rings. The number of aliphatic carboxylic acids is 1. The molecule has 0 heterocycles. The number of carbonyl (C=O) groups excluding carboxylic acids is 1. The zero-order chi connectivity index (χ0) is 26.7. The van der Waals surface area contributed by atoms with Gasteiger partial charge >= 0.3 is 11.9 Å². The predicted molar refractivity (Wildman–Crippen MR) is 144 cm³/mol. The summed E-state index contributed by atoms with van der Waals surface area (Å²) in [6, 6.07) is 0. The summed E-state index contributed by atoms with van der Waals surface area (Å²) in [5, 5.41) is 10.3. The Bertz CT molecular complexity index is 969. The summed E-state index contributed by atoms with van der Waals surface area (Å²) >= 11 is 0. The lowest BCUT2D eigenvalue weighted by molar-refractivity contribution is -0.167. The molecule has 0 aromatic heterocycles. The summed E-state index contributed by atoms with van der Waals surface area (Å²) in [5.41, 5.74) is 4.85. The molecule has 0 aromatic rings. The van der Waals surface area contributed by atoms with Crippen molar-refractivity contribution in [2.45, 2.75) is 126 Å². The largest absolute Gasteiger partial charge is 0.481 e. The van der Waals surface area contributed by atoms with Gasteiger partial charge in [0, 0.05) is 12.3 Å². The molecule has 0 amide bonds. The van der Waals surface area contributed by atoms with Gasteiger partial charge in [-0.2, -0.15) is 0 Å². The van der Waals surface area contributed by atoms with E-state index < -0.39 is 5.97 Å². The molecule has 2 saturated carbocycles. The van der Waals surface area contributed by atoms with Crippen LogP contribution < -0.4 is 0 Å². The first-order chi connectivity index (χ1) is 16.7. The number of fused-ring (bicyclic) bond motifs is 4. The molecular formula is C32H50O4. The van der Waals surface area contributed by atoms with Crippen molar-refractivity contribution in [1.82, 2.24) is 0 Å². The maximum absolute atomic E-state index is 12.5. The van der Waals surface area contributed by atoms with Crippen LogP contribution in [0, 0.1) is 39.4 Å². The van der Waals surface area contributed by atoms with Crippen LogP contribution in [0.2, 0.25) is 0 Å². The lowest BCUT2D eigenvalue weighted by atomic mass is 9.43. The number of carboxylic acids is 1. The van der Waals surface area contributed by atoms with Crippen molar-refractivity contribution in [2.24, 2.45) is 39.4 Å². The summed E-state index contributed by atoms with van der Waals surface area (Å²) in [6.07, 6.45) is 12.4. The highest BCUT2D eigenvalue weighted by molar-refractivity contribution is 5.70. The van der Waals surface area contributed by atoms with E-state index in [4.69, 9.17) is 4.74 Å². The van der Waals surface area contributed by atoms with Gasteiger partial charge < -0.3 is 9.84 Å². The topological polar surface area (TPSA) is 63.6 Å². The van der Waals surface area contributed by atoms with Crippen molar-refractivity contribution in [2.75, 3.05) is 0 Å². The van der Waals surface area contributed by atoms with E-state index in [0.717, 1.165) is 64.2 Å². The Morgan fingerprint density at radius 1 is 0.972 bits per heavy atom. The second-order valence-electron chi connectivity index (χ2n) is 14.1. The zero-order valence-corrected chi connectivity index (χ0v) is 24.1. The van der Waals surface area contributed by atoms with Crippen molar-refractivity contribution >= 4 is 11.9 Å². The third kappa shape index (κ3) is 4.09. The molecule has 202 valence electrons. The summed E-state index contributed by atoms with van der Waals surface area (Å²) < 4.78 is 5.84. The summed E-state index contributed by atoms with van der Waals surface area (Å²) in [5.74, 6) is -0.291. The molecule has 4 heteroatoms. The molecule has 0 aromatic carbocycles. The maximum atomic E-state index is 12.5. The van der Waals surface area contributed by atoms with E-state index in [9.17, 15) is 14.7 Å². The Labute approximate surface area is 219 Å². The Morgan fingerprint density at radius 3 is 2.28 bits per heavy atom. The summed E-state index contributed by atoms with van der Waals surface area (Å²) in [7, 11) is 0. The molecule has 4 rings (SSSR count). The monoisotopic (exact) mass is 498 g/mol. The standard InChI is InChI=1S/C32H50O4/c1-20(2)10-9-11-22(28(34)35)23-14-18-32(8)25-12-13-26-29(4,5)27(36-21(3)33)16-17-30(26,6)24(25)15-19-31(23,32)7/h10,22-23,26-27H,9,11-19H2,1-8H3,(H,34,35)/t22-,23-,26?,27-,30-,31-,32+/m0/s1. The maximum Gasteiger partial charge on any atom is 0.306 e. The van der Waals surface area contributed by atoms with Crippen LogP contribution in [0.4, 0.5) is 0 Å². The fraction of sp³-hybridized carbons (Fsp3) is 0.812. The lowest BCUT2D eigenvalue weighted by Gasteiger charge is -2.62. The van der Waals surface area contributed by atoms with Crippen molar-refractivity contribution < 1.29 is 19.4 Å². The van der Waals surface area contributed by atoms with E-state index >= 15 is 0 Å². The van der Waals surface area contributed by atoms with Crippen molar-refractivity contribution in [3.8, 4) is 0 Å².